The minimum atomic E-state index is -1.18. The van der Waals surface area contributed by atoms with Crippen molar-refractivity contribution >= 4 is 33.7 Å². The van der Waals surface area contributed by atoms with Gasteiger partial charge in [-0.3, -0.25) is 14.4 Å². The molecule has 39 heavy (non-hydrogen) atoms. The number of rotatable bonds is 12. The Morgan fingerprint density at radius 2 is 1.87 bits per heavy atom. The summed E-state index contributed by atoms with van der Waals surface area (Å²) in [5, 5.41) is 10.5. The predicted molar refractivity (Wildman–Crippen MR) is 153 cm³/mol. The van der Waals surface area contributed by atoms with Crippen LogP contribution in [0.25, 0.3) is 0 Å². The number of amides is 3. The molecular weight excluding hydrogens is 562 g/mol. The number of benzene rings is 1. The number of carbonyl (C=O) groups is 3. The summed E-state index contributed by atoms with van der Waals surface area (Å²) in [5.41, 5.74) is -0.226. The van der Waals surface area contributed by atoms with E-state index in [1.54, 1.807) is 33.9 Å². The lowest BCUT2D eigenvalue weighted by atomic mass is 9.70. The van der Waals surface area contributed by atoms with Crippen LogP contribution in [0.3, 0.4) is 0 Å². The molecule has 2 bridgehead atoms. The Morgan fingerprint density at radius 3 is 2.46 bits per heavy atom. The first-order valence-electron chi connectivity index (χ1n) is 13.7. The Kier molecular flexibility index (Phi) is 9.03. The number of aliphatic hydroxyl groups excluding tert-OH is 1. The van der Waals surface area contributed by atoms with Crippen LogP contribution in [-0.4, -0.2) is 92.9 Å². The highest BCUT2D eigenvalue weighted by Crippen LogP contribution is 2.61. The van der Waals surface area contributed by atoms with Crippen molar-refractivity contribution < 1.29 is 24.2 Å². The van der Waals surface area contributed by atoms with E-state index in [1.165, 1.54) is 0 Å². The number of likely N-dealkylation sites (tertiary alicyclic amines) is 1. The summed E-state index contributed by atoms with van der Waals surface area (Å²) in [6.45, 7) is 12.3. The van der Waals surface area contributed by atoms with E-state index >= 15 is 0 Å². The van der Waals surface area contributed by atoms with E-state index in [9.17, 15) is 19.5 Å². The summed E-state index contributed by atoms with van der Waals surface area (Å²) in [6, 6.07) is 8.12. The van der Waals surface area contributed by atoms with Gasteiger partial charge in [0.1, 0.15) is 11.6 Å². The van der Waals surface area contributed by atoms with E-state index in [4.69, 9.17) is 4.74 Å². The molecule has 3 heterocycles. The van der Waals surface area contributed by atoms with Gasteiger partial charge in [0.25, 0.3) is 0 Å². The van der Waals surface area contributed by atoms with Crippen LogP contribution in [0.5, 0.6) is 0 Å². The molecule has 3 unspecified atom stereocenters. The lowest BCUT2D eigenvalue weighted by Gasteiger charge is -2.40. The van der Waals surface area contributed by atoms with Gasteiger partial charge in [-0.05, 0) is 24.3 Å². The number of carbonyl (C=O) groups excluding carboxylic acids is 3. The number of likely N-dealkylation sites (N-methyl/N-ethyl adjacent to an activating group) is 1. The van der Waals surface area contributed by atoms with E-state index in [0.717, 1.165) is 5.56 Å². The zero-order chi connectivity index (χ0) is 28.5. The van der Waals surface area contributed by atoms with Crippen LogP contribution in [0.1, 0.15) is 32.3 Å². The highest BCUT2D eigenvalue weighted by molar-refractivity contribution is 9.09. The summed E-state index contributed by atoms with van der Waals surface area (Å²) in [7, 11) is 1.69. The first-order valence-corrected chi connectivity index (χ1v) is 14.6. The van der Waals surface area contributed by atoms with E-state index in [-0.39, 0.29) is 41.6 Å². The van der Waals surface area contributed by atoms with Gasteiger partial charge < -0.3 is 24.5 Å². The van der Waals surface area contributed by atoms with Crippen molar-refractivity contribution in [2.75, 3.05) is 26.7 Å². The third-order valence-electron chi connectivity index (χ3n) is 8.25. The molecule has 3 saturated heterocycles. The number of hydrogen-bond acceptors (Lipinski definition) is 5. The number of ether oxygens (including phenoxy) is 1. The summed E-state index contributed by atoms with van der Waals surface area (Å²) in [5.74, 6) is -2.12. The first kappa shape index (κ1) is 29.5. The molecule has 0 aromatic heterocycles. The van der Waals surface area contributed by atoms with Crippen molar-refractivity contribution in [3.05, 3.63) is 61.2 Å². The van der Waals surface area contributed by atoms with Crippen LogP contribution >= 0.6 is 15.9 Å². The lowest BCUT2D eigenvalue weighted by Crippen LogP contribution is -2.59. The second kappa shape index (κ2) is 11.9. The van der Waals surface area contributed by atoms with E-state index in [1.807, 2.05) is 44.2 Å². The van der Waals surface area contributed by atoms with E-state index in [2.05, 4.69) is 29.1 Å². The third-order valence-corrected chi connectivity index (χ3v) is 9.10. The van der Waals surface area contributed by atoms with Crippen LogP contribution < -0.4 is 0 Å². The summed E-state index contributed by atoms with van der Waals surface area (Å²) < 4.78 is 6.63. The van der Waals surface area contributed by atoms with Gasteiger partial charge in [0, 0.05) is 31.5 Å². The molecule has 3 fully saturated rings. The lowest BCUT2D eigenvalue weighted by molar-refractivity contribution is -0.152. The minimum absolute atomic E-state index is 0.176. The van der Waals surface area contributed by atoms with Gasteiger partial charge in [-0.25, -0.2) is 0 Å². The van der Waals surface area contributed by atoms with Crippen molar-refractivity contribution in [1.29, 1.82) is 0 Å². The molecule has 3 aliphatic rings. The van der Waals surface area contributed by atoms with E-state index < -0.39 is 35.6 Å². The normalized spacial score (nSPS) is 29.8. The number of alkyl halides is 1. The fraction of sp³-hybridized carbons (Fsp3) is 0.567. The van der Waals surface area contributed by atoms with Gasteiger partial charge in [0.05, 0.1) is 30.6 Å². The highest BCUT2D eigenvalue weighted by Gasteiger charge is 2.77. The van der Waals surface area contributed by atoms with Crippen molar-refractivity contribution in [2.24, 2.45) is 17.8 Å². The van der Waals surface area contributed by atoms with Crippen LogP contribution in [0.4, 0.5) is 0 Å². The maximum atomic E-state index is 14.5. The van der Waals surface area contributed by atoms with Gasteiger partial charge in [0.15, 0.2) is 0 Å². The third kappa shape index (κ3) is 5.21. The van der Waals surface area contributed by atoms with Crippen LogP contribution in [0.2, 0.25) is 0 Å². The molecule has 9 heteroatoms. The molecule has 0 aliphatic carbocycles. The van der Waals surface area contributed by atoms with Crippen LogP contribution in [0.15, 0.2) is 55.6 Å². The zero-order valence-electron chi connectivity index (χ0n) is 23.0. The molecule has 3 amide bonds. The van der Waals surface area contributed by atoms with Gasteiger partial charge in [-0.15, -0.1) is 13.2 Å². The first-order chi connectivity index (χ1) is 18.6. The largest absolute Gasteiger partial charge is 0.394 e. The topological polar surface area (TPSA) is 90.4 Å². The van der Waals surface area contributed by atoms with Crippen LogP contribution in [-0.2, 0) is 25.7 Å². The Bertz CT molecular complexity index is 1100. The molecular formula is C30H40BrN3O5. The van der Waals surface area contributed by atoms with Crippen molar-refractivity contribution in [1.82, 2.24) is 14.7 Å². The molecule has 1 spiro atoms. The predicted octanol–water partition coefficient (Wildman–Crippen LogP) is 3.00. The second-order valence-electron chi connectivity index (χ2n) is 11.4. The number of fused-ring (bicyclic) bond motifs is 1. The maximum Gasteiger partial charge on any atom is 0.249 e. The van der Waals surface area contributed by atoms with Gasteiger partial charge >= 0.3 is 0 Å². The minimum Gasteiger partial charge on any atom is -0.394 e. The van der Waals surface area contributed by atoms with Gasteiger partial charge in [0.2, 0.25) is 17.7 Å². The number of hydrogen-bond donors (Lipinski definition) is 1. The maximum absolute atomic E-state index is 14.5. The fourth-order valence-corrected chi connectivity index (χ4v) is 7.69. The molecule has 7 atom stereocenters. The number of aliphatic hydroxyl groups is 1. The van der Waals surface area contributed by atoms with Gasteiger partial charge in [-0.2, -0.15) is 0 Å². The number of nitrogens with zero attached hydrogens (tertiary/aromatic N) is 3. The smallest absolute Gasteiger partial charge is 0.249 e. The standard InChI is InChI=1S/C30H40BrN3O5/c1-6-13-32(5)27(36)23-24-28(37)34(21(18-35)15-19(3)4)26(30(24)16-22(31)25(23)39-30)29(38)33(14-7-2)17-20-11-9-8-10-12-20/h6-12,19,21-26,35H,1-2,13-18H2,3-5H3/t21-,22?,23-,24+,25-,26?,30?/m1/s1. The Hall–Kier alpha value is -2.49. The molecule has 0 saturated carbocycles. The summed E-state index contributed by atoms with van der Waals surface area (Å²) >= 11 is 3.72. The average molecular weight is 603 g/mol. The van der Waals surface area contributed by atoms with Crippen LogP contribution in [0, 0.1) is 17.8 Å². The SMILES string of the molecule is C=CCN(C)C(=O)[C@H]1[C@@H]2OC3(CC2Br)C(C(=O)N(CC=C)Cc2ccccc2)N([C@@H](CO)CC(C)C)C(=O)[C@H]13. The Labute approximate surface area is 239 Å². The van der Waals surface area contributed by atoms with Crippen molar-refractivity contribution in [2.45, 2.75) is 61.8 Å². The van der Waals surface area contributed by atoms with Crippen molar-refractivity contribution in [3.63, 3.8) is 0 Å². The Morgan fingerprint density at radius 1 is 1.21 bits per heavy atom. The van der Waals surface area contributed by atoms with Gasteiger partial charge in [-0.1, -0.05) is 72.3 Å². The fourth-order valence-electron chi connectivity index (χ4n) is 6.75. The number of halogens is 1. The molecule has 4 rings (SSSR count). The van der Waals surface area contributed by atoms with Crippen molar-refractivity contribution in [3.8, 4) is 0 Å². The highest BCUT2D eigenvalue weighted by atomic mass is 79.9. The Balaban J connectivity index is 1.80. The molecule has 0 radical (unpaired) electrons. The summed E-state index contributed by atoms with van der Waals surface area (Å²) in [6.07, 6.45) is 3.72. The second-order valence-corrected chi connectivity index (χ2v) is 12.6. The van der Waals surface area contributed by atoms with E-state index in [0.29, 0.717) is 25.9 Å². The quantitative estimate of drug-likeness (QED) is 0.294. The molecule has 8 nitrogen and oxygen atoms in total. The average Bonchev–Trinajstić information content (AvgIpc) is 3.50. The zero-order valence-corrected chi connectivity index (χ0v) is 24.6. The molecule has 3 aliphatic heterocycles. The molecule has 1 aromatic rings. The molecule has 212 valence electrons. The molecule has 1 N–H and O–H groups in total. The molecule has 1 aromatic carbocycles. The summed E-state index contributed by atoms with van der Waals surface area (Å²) in [4.78, 5) is 47.2. The monoisotopic (exact) mass is 601 g/mol.